The van der Waals surface area contributed by atoms with Crippen molar-refractivity contribution < 1.29 is 0 Å². The summed E-state index contributed by atoms with van der Waals surface area (Å²) in [4.78, 5) is 2.45. The summed E-state index contributed by atoms with van der Waals surface area (Å²) in [7, 11) is 0. The second-order valence-corrected chi connectivity index (χ2v) is 17.8. The Kier molecular flexibility index (Phi) is 9.40. The quantitative estimate of drug-likeness (QED) is 0.162. The normalized spacial score (nSPS) is 14.2. The Hall–Kier alpha value is -8.92. The minimum Gasteiger partial charge on any atom is -0.337 e. The van der Waals surface area contributed by atoms with Gasteiger partial charge in [0.1, 0.15) is 0 Å². The first-order chi connectivity index (χ1) is 33.6. The lowest BCUT2D eigenvalue weighted by atomic mass is 9.94. The molecule has 2 aromatic heterocycles. The van der Waals surface area contributed by atoms with Gasteiger partial charge in [0.25, 0.3) is 0 Å². The third-order valence-electron chi connectivity index (χ3n) is 13.9. The van der Waals surface area contributed by atoms with Crippen molar-refractivity contribution in [2.45, 2.75) is 0 Å². The predicted molar refractivity (Wildman–Crippen MR) is 290 cm³/mol. The maximum atomic E-state index is 4.81. The Morgan fingerprint density at radius 3 is 1.68 bits per heavy atom. The number of para-hydroxylation sites is 2. The molecule has 0 spiro atoms. The van der Waals surface area contributed by atoms with E-state index in [1.54, 1.807) is 0 Å². The lowest BCUT2D eigenvalue weighted by Crippen LogP contribution is -2.18. The molecule has 0 atom stereocenters. The van der Waals surface area contributed by atoms with Gasteiger partial charge < -0.3 is 14.0 Å². The summed E-state index contributed by atoms with van der Waals surface area (Å²) in [6.07, 6.45) is 6.79. The van der Waals surface area contributed by atoms with Gasteiger partial charge in [0.15, 0.2) is 0 Å². The fourth-order valence-electron chi connectivity index (χ4n) is 10.6. The average molecular weight is 868 g/mol. The predicted octanol–water partition coefficient (Wildman–Crippen LogP) is 17.2. The minimum atomic E-state index is 0.677. The molecule has 0 saturated heterocycles. The molecule has 0 aliphatic carbocycles. The van der Waals surface area contributed by atoms with Crippen LogP contribution in [0.25, 0.3) is 99.2 Å². The van der Waals surface area contributed by atoms with E-state index in [9.17, 15) is 0 Å². The highest BCUT2D eigenvalue weighted by Crippen LogP contribution is 2.43. The topological polar surface area (TPSA) is 13.1 Å². The van der Waals surface area contributed by atoms with Crippen LogP contribution in [0.15, 0.2) is 255 Å². The standard InChI is InChI=1S/C65H45N3/c1-44-39-48(45-17-5-2-6-18-45)23-16-38-66(53-33-37-63-59(43-53)55-27-13-14-28-62(55)67(63)52-24-9-4-10-25-52)60-34-30-50(40-56(44)60)51-32-36-65-58(42-51)57-41-49(46-19-7-3-8-20-46)31-35-64(57)68(65)61-29-15-22-47-21-11-12-26-54(47)61/h2-37,39-43H,1,38H2/b23-16-,48-39+. The fourth-order valence-corrected chi connectivity index (χ4v) is 10.6. The van der Waals surface area contributed by atoms with E-state index in [-0.39, 0.29) is 0 Å². The molecule has 0 N–H and O–H groups in total. The smallest absolute Gasteiger partial charge is 0.0542 e. The molecular formula is C65H45N3. The summed E-state index contributed by atoms with van der Waals surface area (Å²) in [5.74, 6) is 0. The van der Waals surface area contributed by atoms with Crippen LogP contribution in [0.1, 0.15) is 11.1 Å². The van der Waals surface area contributed by atoms with Crippen LogP contribution in [0.3, 0.4) is 0 Å². The summed E-state index contributed by atoms with van der Waals surface area (Å²) in [6, 6.07) is 83.9. The van der Waals surface area contributed by atoms with Gasteiger partial charge in [-0.15, -0.1) is 0 Å². The van der Waals surface area contributed by atoms with Gasteiger partial charge in [0.05, 0.1) is 27.8 Å². The Labute approximate surface area is 395 Å². The molecule has 1 aliphatic rings. The van der Waals surface area contributed by atoms with E-state index in [4.69, 9.17) is 6.58 Å². The van der Waals surface area contributed by atoms with Crippen molar-refractivity contribution in [2.75, 3.05) is 11.4 Å². The highest BCUT2D eigenvalue weighted by Gasteiger charge is 2.21. The summed E-state index contributed by atoms with van der Waals surface area (Å²) in [6.45, 7) is 5.49. The molecule has 3 nitrogen and oxygen atoms in total. The van der Waals surface area contributed by atoms with Crippen molar-refractivity contribution in [1.82, 2.24) is 9.13 Å². The number of anilines is 2. The maximum Gasteiger partial charge on any atom is 0.0542 e. The van der Waals surface area contributed by atoms with Crippen LogP contribution in [-0.4, -0.2) is 15.7 Å². The monoisotopic (exact) mass is 867 g/mol. The average Bonchev–Trinajstić information content (AvgIpc) is 3.93. The summed E-state index contributed by atoms with van der Waals surface area (Å²) in [5, 5.41) is 7.34. The number of rotatable bonds is 6. The molecule has 0 radical (unpaired) electrons. The van der Waals surface area contributed by atoms with Crippen LogP contribution in [0, 0.1) is 0 Å². The van der Waals surface area contributed by atoms with Crippen LogP contribution in [0.4, 0.5) is 11.4 Å². The number of hydrogen-bond acceptors (Lipinski definition) is 1. The van der Waals surface area contributed by atoms with E-state index in [1.807, 2.05) is 0 Å². The minimum absolute atomic E-state index is 0.677. The third-order valence-corrected chi connectivity index (χ3v) is 13.9. The molecule has 0 bridgehead atoms. The number of hydrogen-bond donors (Lipinski definition) is 0. The zero-order chi connectivity index (χ0) is 45.1. The lowest BCUT2D eigenvalue weighted by Gasteiger charge is -2.27. The number of benzene rings is 10. The van der Waals surface area contributed by atoms with E-state index in [2.05, 4.69) is 263 Å². The third kappa shape index (κ3) is 6.59. The SMILES string of the molecule is C=C1/C=C(c2ccccc2)\C=C/CN(c2ccc3c(c2)c2ccccc2n3-c2ccccc2)c2ccc(-c3ccc4c(c3)c3cc(-c5ccccc5)ccc3n4-c3cccc4ccccc34)cc21. The van der Waals surface area contributed by atoms with Gasteiger partial charge in [-0.3, -0.25) is 0 Å². The molecule has 0 unspecified atom stereocenters. The van der Waals surface area contributed by atoms with Gasteiger partial charge in [-0.25, -0.2) is 0 Å². The van der Waals surface area contributed by atoms with Crippen LogP contribution in [0.5, 0.6) is 0 Å². The molecule has 10 aromatic carbocycles. The van der Waals surface area contributed by atoms with Crippen molar-refractivity contribution in [3.63, 3.8) is 0 Å². The van der Waals surface area contributed by atoms with E-state index >= 15 is 0 Å². The zero-order valence-corrected chi connectivity index (χ0v) is 37.4. The van der Waals surface area contributed by atoms with Gasteiger partial charge in [-0.2, -0.15) is 0 Å². The van der Waals surface area contributed by atoms with Crippen molar-refractivity contribution >= 4 is 76.9 Å². The van der Waals surface area contributed by atoms with Crippen molar-refractivity contribution in [1.29, 1.82) is 0 Å². The summed E-state index contributed by atoms with van der Waals surface area (Å²) in [5.41, 5.74) is 18.3. The number of aromatic nitrogens is 2. The molecule has 68 heavy (non-hydrogen) atoms. The molecule has 0 saturated carbocycles. The van der Waals surface area contributed by atoms with Crippen LogP contribution in [-0.2, 0) is 0 Å². The molecular weight excluding hydrogens is 823 g/mol. The fraction of sp³-hybridized carbons (Fsp3) is 0.0154. The second kappa shape index (κ2) is 16.2. The van der Waals surface area contributed by atoms with Crippen LogP contribution in [0.2, 0.25) is 0 Å². The largest absolute Gasteiger partial charge is 0.337 e. The Bertz CT molecular complexity index is 3990. The first kappa shape index (κ1) is 39.4. The Morgan fingerprint density at radius 1 is 0.353 bits per heavy atom. The highest BCUT2D eigenvalue weighted by molar-refractivity contribution is 6.13. The van der Waals surface area contributed by atoms with Gasteiger partial charge in [0.2, 0.25) is 0 Å². The van der Waals surface area contributed by atoms with Gasteiger partial charge in [0, 0.05) is 56.1 Å². The highest BCUT2D eigenvalue weighted by atomic mass is 15.1. The number of nitrogens with zero attached hydrogens (tertiary/aromatic N) is 3. The summed E-state index contributed by atoms with van der Waals surface area (Å²) >= 11 is 0. The summed E-state index contributed by atoms with van der Waals surface area (Å²) < 4.78 is 4.83. The number of allylic oxidation sites excluding steroid dienone is 4. The van der Waals surface area contributed by atoms with Crippen LogP contribution >= 0.6 is 0 Å². The molecule has 3 heteroatoms. The zero-order valence-electron chi connectivity index (χ0n) is 37.4. The first-order valence-corrected chi connectivity index (χ1v) is 23.4. The van der Waals surface area contributed by atoms with E-state index < -0.39 is 0 Å². The van der Waals surface area contributed by atoms with E-state index in [1.165, 1.54) is 71.2 Å². The molecule has 0 amide bonds. The van der Waals surface area contributed by atoms with E-state index in [0.717, 1.165) is 50.5 Å². The first-order valence-electron chi connectivity index (χ1n) is 23.4. The van der Waals surface area contributed by atoms with Gasteiger partial charge >= 0.3 is 0 Å². The molecule has 320 valence electrons. The molecule has 0 fully saturated rings. The molecule has 12 aromatic rings. The van der Waals surface area contributed by atoms with E-state index in [0.29, 0.717) is 6.54 Å². The Morgan fingerprint density at radius 2 is 0.912 bits per heavy atom. The van der Waals surface area contributed by atoms with Gasteiger partial charge in [-0.05, 0) is 129 Å². The lowest BCUT2D eigenvalue weighted by molar-refractivity contribution is 1.09. The van der Waals surface area contributed by atoms with Gasteiger partial charge in [-0.1, -0.05) is 170 Å². The van der Waals surface area contributed by atoms with Crippen molar-refractivity contribution in [2.24, 2.45) is 0 Å². The van der Waals surface area contributed by atoms with Crippen LogP contribution < -0.4 is 4.90 Å². The molecule has 1 aliphatic heterocycles. The van der Waals surface area contributed by atoms with Crippen molar-refractivity contribution in [3.05, 3.63) is 266 Å². The second-order valence-electron chi connectivity index (χ2n) is 17.8. The molecule has 13 rings (SSSR count). The van der Waals surface area contributed by atoms with Crippen molar-refractivity contribution in [3.8, 4) is 33.6 Å². The maximum absolute atomic E-state index is 4.81. The number of fused-ring (bicyclic) bond motifs is 8. The molecule has 3 heterocycles. The Balaban J connectivity index is 0.996.